The van der Waals surface area contributed by atoms with E-state index in [-0.39, 0.29) is 12.2 Å². The van der Waals surface area contributed by atoms with Crippen molar-refractivity contribution in [2.75, 3.05) is 32.7 Å². The summed E-state index contributed by atoms with van der Waals surface area (Å²) in [5, 5.41) is 19.6. The highest BCUT2D eigenvalue weighted by atomic mass is 16.6. The van der Waals surface area contributed by atoms with Gasteiger partial charge in [-0.3, -0.25) is 19.8 Å². The van der Waals surface area contributed by atoms with Crippen molar-refractivity contribution in [1.82, 2.24) is 9.80 Å². The highest BCUT2D eigenvalue weighted by Gasteiger charge is 2.13. The van der Waals surface area contributed by atoms with E-state index in [2.05, 4.69) is 18.7 Å². The van der Waals surface area contributed by atoms with Crippen LogP contribution in [0.1, 0.15) is 19.4 Å². The predicted octanol–water partition coefficient (Wildman–Crippen LogP) is 1.82. The van der Waals surface area contributed by atoms with Gasteiger partial charge in [-0.25, -0.2) is 0 Å². The third kappa shape index (κ3) is 6.19. The molecule has 0 aliphatic heterocycles. The fraction of sp³-hybridized carbons (Fsp3) is 0.533. The first-order valence-corrected chi connectivity index (χ1v) is 7.36. The lowest BCUT2D eigenvalue weighted by Crippen LogP contribution is -2.37. The number of carboxylic acids is 1. The van der Waals surface area contributed by atoms with Gasteiger partial charge in [-0.1, -0.05) is 26.0 Å². The average Bonchev–Trinajstić information content (AvgIpc) is 2.48. The van der Waals surface area contributed by atoms with Gasteiger partial charge in [0.1, 0.15) is 0 Å². The summed E-state index contributed by atoms with van der Waals surface area (Å²) >= 11 is 0. The second-order valence-corrected chi connectivity index (χ2v) is 5.05. The standard InChI is InChI=1S/C15H23N3O4/c1-3-16(4-2)9-10-17(12-15(19)20)11-13-5-7-14(8-6-13)18(21)22/h5-8H,3-4,9-12H2,1-2H3,(H,19,20). The number of likely N-dealkylation sites (N-methyl/N-ethyl adjacent to an activating group) is 1. The summed E-state index contributed by atoms with van der Waals surface area (Å²) in [6.07, 6.45) is 0. The summed E-state index contributed by atoms with van der Waals surface area (Å²) in [5.74, 6) is -0.874. The predicted molar refractivity (Wildman–Crippen MR) is 83.8 cm³/mol. The lowest BCUT2D eigenvalue weighted by Gasteiger charge is -2.25. The molecular weight excluding hydrogens is 286 g/mol. The Morgan fingerprint density at radius 1 is 1.14 bits per heavy atom. The minimum Gasteiger partial charge on any atom is -0.480 e. The Morgan fingerprint density at radius 3 is 2.14 bits per heavy atom. The fourth-order valence-corrected chi connectivity index (χ4v) is 2.21. The van der Waals surface area contributed by atoms with Crippen LogP contribution < -0.4 is 0 Å². The van der Waals surface area contributed by atoms with Crippen LogP contribution >= 0.6 is 0 Å². The van der Waals surface area contributed by atoms with Gasteiger partial charge in [-0.15, -0.1) is 0 Å². The van der Waals surface area contributed by atoms with Gasteiger partial charge in [-0.05, 0) is 18.7 Å². The Kier molecular flexibility index (Phi) is 7.48. The molecular formula is C15H23N3O4. The molecule has 1 aromatic carbocycles. The maximum absolute atomic E-state index is 11.0. The number of nitrogens with zero attached hydrogens (tertiary/aromatic N) is 3. The minimum absolute atomic E-state index is 0.0386. The first kappa shape index (κ1) is 18.1. The Hall–Kier alpha value is -1.99. The van der Waals surface area contributed by atoms with E-state index in [0.717, 1.165) is 25.2 Å². The van der Waals surface area contributed by atoms with Crippen molar-refractivity contribution in [3.8, 4) is 0 Å². The highest BCUT2D eigenvalue weighted by molar-refractivity contribution is 5.69. The Labute approximate surface area is 130 Å². The van der Waals surface area contributed by atoms with Gasteiger partial charge in [-0.2, -0.15) is 0 Å². The van der Waals surface area contributed by atoms with Crippen molar-refractivity contribution >= 4 is 11.7 Å². The number of carbonyl (C=O) groups is 1. The van der Waals surface area contributed by atoms with E-state index in [1.165, 1.54) is 12.1 Å². The molecule has 7 nitrogen and oxygen atoms in total. The molecule has 0 fully saturated rings. The molecule has 0 amide bonds. The van der Waals surface area contributed by atoms with Crippen LogP contribution in [0.25, 0.3) is 0 Å². The molecule has 0 atom stereocenters. The van der Waals surface area contributed by atoms with Gasteiger partial charge in [0.25, 0.3) is 5.69 Å². The quantitative estimate of drug-likeness (QED) is 0.524. The summed E-state index contributed by atoms with van der Waals surface area (Å²) < 4.78 is 0. The van der Waals surface area contributed by atoms with Crippen molar-refractivity contribution in [2.45, 2.75) is 20.4 Å². The molecule has 1 N–H and O–H groups in total. The summed E-state index contributed by atoms with van der Waals surface area (Å²) in [5.41, 5.74) is 0.906. The second kappa shape index (κ2) is 9.11. The average molecular weight is 309 g/mol. The Balaban J connectivity index is 2.67. The molecule has 0 spiro atoms. The fourth-order valence-electron chi connectivity index (χ4n) is 2.21. The van der Waals surface area contributed by atoms with Gasteiger partial charge < -0.3 is 10.0 Å². The smallest absolute Gasteiger partial charge is 0.317 e. The van der Waals surface area contributed by atoms with Crippen LogP contribution in [0, 0.1) is 10.1 Å². The molecule has 0 heterocycles. The minimum atomic E-state index is -0.874. The van der Waals surface area contributed by atoms with E-state index in [9.17, 15) is 14.9 Å². The number of hydrogen-bond donors (Lipinski definition) is 1. The first-order chi connectivity index (χ1) is 10.5. The van der Waals surface area contributed by atoms with Crippen LogP contribution in [0.4, 0.5) is 5.69 Å². The molecule has 0 saturated carbocycles. The molecule has 122 valence electrons. The van der Waals surface area contributed by atoms with E-state index in [1.54, 1.807) is 12.1 Å². The SMILES string of the molecule is CCN(CC)CCN(CC(=O)O)Cc1ccc([N+](=O)[O-])cc1. The maximum atomic E-state index is 11.0. The van der Waals surface area contributed by atoms with Gasteiger partial charge in [0.15, 0.2) is 0 Å². The number of non-ortho nitro benzene ring substituents is 1. The van der Waals surface area contributed by atoms with E-state index in [0.29, 0.717) is 13.1 Å². The zero-order valence-electron chi connectivity index (χ0n) is 13.1. The third-order valence-corrected chi connectivity index (χ3v) is 3.54. The first-order valence-electron chi connectivity index (χ1n) is 7.36. The van der Waals surface area contributed by atoms with Gasteiger partial charge in [0.05, 0.1) is 11.5 Å². The van der Waals surface area contributed by atoms with E-state index in [1.807, 2.05) is 4.90 Å². The summed E-state index contributed by atoms with van der Waals surface area (Å²) in [6, 6.07) is 6.23. The molecule has 0 aromatic heterocycles. The van der Waals surface area contributed by atoms with E-state index < -0.39 is 10.9 Å². The van der Waals surface area contributed by atoms with Crippen molar-refractivity contribution < 1.29 is 14.8 Å². The van der Waals surface area contributed by atoms with Crippen LogP contribution in [-0.2, 0) is 11.3 Å². The molecule has 0 aliphatic rings. The number of carboxylic acid groups (broad SMARTS) is 1. The lowest BCUT2D eigenvalue weighted by atomic mass is 10.2. The molecule has 1 rings (SSSR count). The number of nitro groups is 1. The topological polar surface area (TPSA) is 86.9 Å². The summed E-state index contributed by atoms with van der Waals surface area (Å²) in [7, 11) is 0. The number of benzene rings is 1. The van der Waals surface area contributed by atoms with Crippen LogP contribution in [-0.4, -0.2) is 58.5 Å². The van der Waals surface area contributed by atoms with Gasteiger partial charge in [0.2, 0.25) is 0 Å². The van der Waals surface area contributed by atoms with Gasteiger partial charge >= 0.3 is 5.97 Å². The monoisotopic (exact) mass is 309 g/mol. The van der Waals surface area contributed by atoms with Crippen LogP contribution in [0.2, 0.25) is 0 Å². The summed E-state index contributed by atoms with van der Waals surface area (Å²) in [4.78, 5) is 25.2. The molecule has 1 aromatic rings. The molecule has 0 radical (unpaired) electrons. The number of rotatable bonds is 10. The molecule has 0 aliphatic carbocycles. The molecule has 0 saturated heterocycles. The largest absolute Gasteiger partial charge is 0.480 e. The van der Waals surface area contributed by atoms with Crippen LogP contribution in [0.3, 0.4) is 0 Å². The van der Waals surface area contributed by atoms with E-state index in [4.69, 9.17) is 5.11 Å². The second-order valence-electron chi connectivity index (χ2n) is 5.05. The number of nitro benzene ring substituents is 1. The van der Waals surface area contributed by atoms with Crippen molar-refractivity contribution in [3.05, 3.63) is 39.9 Å². The van der Waals surface area contributed by atoms with E-state index >= 15 is 0 Å². The Bertz CT molecular complexity index is 486. The zero-order chi connectivity index (χ0) is 16.5. The summed E-state index contributed by atoms with van der Waals surface area (Å²) in [6.45, 7) is 7.86. The molecule has 7 heteroatoms. The molecule has 0 bridgehead atoms. The lowest BCUT2D eigenvalue weighted by molar-refractivity contribution is -0.384. The number of aliphatic carboxylic acids is 1. The van der Waals surface area contributed by atoms with Gasteiger partial charge in [0, 0.05) is 31.8 Å². The zero-order valence-corrected chi connectivity index (χ0v) is 13.1. The van der Waals surface area contributed by atoms with Crippen LogP contribution in [0.15, 0.2) is 24.3 Å². The number of hydrogen-bond acceptors (Lipinski definition) is 5. The molecule has 0 unspecified atom stereocenters. The van der Waals surface area contributed by atoms with Crippen LogP contribution in [0.5, 0.6) is 0 Å². The van der Waals surface area contributed by atoms with Crippen molar-refractivity contribution in [3.63, 3.8) is 0 Å². The third-order valence-electron chi connectivity index (χ3n) is 3.54. The Morgan fingerprint density at radius 2 is 1.68 bits per heavy atom. The van der Waals surface area contributed by atoms with Crippen molar-refractivity contribution in [2.24, 2.45) is 0 Å². The molecule has 22 heavy (non-hydrogen) atoms. The maximum Gasteiger partial charge on any atom is 0.317 e. The normalized spacial score (nSPS) is 11.1. The van der Waals surface area contributed by atoms with Crippen molar-refractivity contribution in [1.29, 1.82) is 0 Å². The highest BCUT2D eigenvalue weighted by Crippen LogP contribution is 2.13.